The summed E-state index contributed by atoms with van der Waals surface area (Å²) in [5.41, 5.74) is 1.06. The molecule has 6 heteroatoms. The molecular formula is C19H35N5O. The minimum Gasteiger partial charge on any atom is -0.481 e. The molecule has 0 unspecified atom stereocenters. The zero-order chi connectivity index (χ0) is 18.7. The van der Waals surface area contributed by atoms with Gasteiger partial charge in [-0.15, -0.1) is 0 Å². The molecule has 25 heavy (non-hydrogen) atoms. The summed E-state index contributed by atoms with van der Waals surface area (Å²) in [6, 6.07) is 4.99. The molecule has 0 spiro atoms. The van der Waals surface area contributed by atoms with Gasteiger partial charge in [-0.2, -0.15) is 0 Å². The highest BCUT2D eigenvalue weighted by Crippen LogP contribution is 2.07. The highest BCUT2D eigenvalue weighted by atomic mass is 16.5. The van der Waals surface area contributed by atoms with E-state index in [1.807, 2.05) is 12.1 Å². The maximum absolute atomic E-state index is 5.08. The number of guanidine groups is 1. The van der Waals surface area contributed by atoms with E-state index in [4.69, 9.17) is 4.74 Å². The van der Waals surface area contributed by atoms with Crippen molar-refractivity contribution >= 4 is 5.96 Å². The van der Waals surface area contributed by atoms with Gasteiger partial charge in [0.1, 0.15) is 0 Å². The number of hydrogen-bond donors (Lipinski definition) is 2. The van der Waals surface area contributed by atoms with Crippen molar-refractivity contribution in [3.05, 3.63) is 23.9 Å². The number of pyridine rings is 1. The molecule has 1 aromatic heterocycles. The number of methoxy groups -OCH3 is 1. The van der Waals surface area contributed by atoms with E-state index < -0.39 is 0 Å². The Morgan fingerprint density at radius 1 is 1.20 bits per heavy atom. The smallest absolute Gasteiger partial charge is 0.212 e. The standard InChI is InChI=1S/C19H35N5O/c1-7-20-19(21-11-8-12-24(15(2)3)16(4)5)23-14-17-9-10-18(25-6)22-13-17/h9-10,13,15-16H,7-8,11-12,14H2,1-6H3,(H2,20,21,23). The lowest BCUT2D eigenvalue weighted by molar-refractivity contribution is 0.173. The fourth-order valence-corrected chi connectivity index (χ4v) is 2.72. The Morgan fingerprint density at radius 3 is 2.44 bits per heavy atom. The van der Waals surface area contributed by atoms with Gasteiger partial charge in [0.25, 0.3) is 0 Å². The Balaban J connectivity index is 2.47. The molecule has 0 atom stereocenters. The Hall–Kier alpha value is -1.82. The van der Waals surface area contributed by atoms with Gasteiger partial charge in [0, 0.05) is 44.0 Å². The second kappa shape index (κ2) is 11.7. The van der Waals surface area contributed by atoms with Crippen LogP contribution in [0.5, 0.6) is 5.88 Å². The first kappa shape index (κ1) is 21.2. The Morgan fingerprint density at radius 2 is 1.92 bits per heavy atom. The number of ether oxygens (including phenoxy) is 1. The average molecular weight is 350 g/mol. The molecule has 0 amide bonds. The molecule has 0 bridgehead atoms. The first-order valence-corrected chi connectivity index (χ1v) is 9.24. The fraction of sp³-hybridized carbons (Fsp3) is 0.684. The van der Waals surface area contributed by atoms with E-state index in [0.717, 1.165) is 37.6 Å². The zero-order valence-electron chi connectivity index (χ0n) is 16.7. The van der Waals surface area contributed by atoms with E-state index in [2.05, 4.69) is 60.1 Å². The van der Waals surface area contributed by atoms with Gasteiger partial charge in [0.05, 0.1) is 13.7 Å². The van der Waals surface area contributed by atoms with Crippen LogP contribution in [-0.4, -0.2) is 54.7 Å². The van der Waals surface area contributed by atoms with Gasteiger partial charge in [-0.1, -0.05) is 6.07 Å². The molecule has 1 rings (SSSR count). The Kier molecular flexibility index (Phi) is 9.92. The summed E-state index contributed by atoms with van der Waals surface area (Å²) >= 11 is 0. The van der Waals surface area contributed by atoms with Gasteiger partial charge in [-0.25, -0.2) is 9.98 Å². The van der Waals surface area contributed by atoms with Crippen molar-refractivity contribution < 1.29 is 4.74 Å². The SMILES string of the molecule is CCNC(=NCc1ccc(OC)nc1)NCCCN(C(C)C)C(C)C. The van der Waals surface area contributed by atoms with Crippen LogP contribution in [0.4, 0.5) is 0 Å². The molecular weight excluding hydrogens is 314 g/mol. The molecule has 0 fully saturated rings. The van der Waals surface area contributed by atoms with Crippen LogP contribution < -0.4 is 15.4 Å². The van der Waals surface area contributed by atoms with E-state index in [1.165, 1.54) is 0 Å². The van der Waals surface area contributed by atoms with Crippen molar-refractivity contribution in [1.29, 1.82) is 0 Å². The number of aromatic nitrogens is 1. The van der Waals surface area contributed by atoms with Crippen LogP contribution >= 0.6 is 0 Å². The van der Waals surface area contributed by atoms with E-state index in [9.17, 15) is 0 Å². The minimum absolute atomic E-state index is 0.574. The van der Waals surface area contributed by atoms with Gasteiger partial charge < -0.3 is 15.4 Å². The molecule has 0 aliphatic carbocycles. The highest BCUT2D eigenvalue weighted by molar-refractivity contribution is 5.79. The summed E-state index contributed by atoms with van der Waals surface area (Å²) in [5.74, 6) is 1.47. The van der Waals surface area contributed by atoms with E-state index in [0.29, 0.717) is 24.5 Å². The molecule has 1 aromatic rings. The molecule has 6 nitrogen and oxygen atoms in total. The minimum atomic E-state index is 0.574. The van der Waals surface area contributed by atoms with E-state index in [-0.39, 0.29) is 0 Å². The summed E-state index contributed by atoms with van der Waals surface area (Å²) in [6.45, 7) is 14.5. The lowest BCUT2D eigenvalue weighted by Crippen LogP contribution is -2.41. The largest absolute Gasteiger partial charge is 0.481 e. The quantitative estimate of drug-likeness (QED) is 0.386. The van der Waals surface area contributed by atoms with Crippen molar-refractivity contribution in [3.8, 4) is 5.88 Å². The molecule has 142 valence electrons. The van der Waals surface area contributed by atoms with E-state index in [1.54, 1.807) is 13.3 Å². The molecule has 0 aliphatic rings. The average Bonchev–Trinajstić information content (AvgIpc) is 2.59. The fourth-order valence-electron chi connectivity index (χ4n) is 2.72. The lowest BCUT2D eigenvalue weighted by Gasteiger charge is -2.30. The van der Waals surface area contributed by atoms with Crippen LogP contribution in [0.2, 0.25) is 0 Å². The van der Waals surface area contributed by atoms with Crippen molar-refractivity contribution in [2.75, 3.05) is 26.7 Å². The Bertz CT molecular complexity index is 491. The number of rotatable bonds is 10. The third-order valence-electron chi connectivity index (χ3n) is 3.98. The maximum Gasteiger partial charge on any atom is 0.212 e. The number of nitrogens with one attached hydrogen (secondary N) is 2. The van der Waals surface area contributed by atoms with Gasteiger partial charge in [-0.3, -0.25) is 4.90 Å². The predicted octanol–water partition coefficient (Wildman–Crippen LogP) is 2.65. The second-order valence-corrected chi connectivity index (χ2v) is 6.61. The molecule has 2 N–H and O–H groups in total. The van der Waals surface area contributed by atoms with E-state index >= 15 is 0 Å². The van der Waals surface area contributed by atoms with Gasteiger partial charge >= 0.3 is 0 Å². The van der Waals surface area contributed by atoms with Crippen molar-refractivity contribution in [1.82, 2.24) is 20.5 Å². The second-order valence-electron chi connectivity index (χ2n) is 6.61. The Labute approximate surface area is 153 Å². The maximum atomic E-state index is 5.08. The summed E-state index contributed by atoms with van der Waals surface area (Å²) < 4.78 is 5.08. The first-order chi connectivity index (χ1) is 12.0. The molecule has 0 aliphatic heterocycles. The van der Waals surface area contributed by atoms with Gasteiger partial charge in [-0.05, 0) is 46.6 Å². The van der Waals surface area contributed by atoms with Crippen molar-refractivity contribution in [2.24, 2.45) is 4.99 Å². The van der Waals surface area contributed by atoms with Crippen molar-refractivity contribution in [2.45, 2.75) is 59.7 Å². The van der Waals surface area contributed by atoms with Crippen LogP contribution in [-0.2, 0) is 6.54 Å². The van der Waals surface area contributed by atoms with Crippen LogP contribution in [0.1, 0.15) is 46.6 Å². The molecule has 1 heterocycles. The summed E-state index contributed by atoms with van der Waals surface area (Å²) in [4.78, 5) is 11.3. The topological polar surface area (TPSA) is 61.8 Å². The normalized spacial score (nSPS) is 12.1. The van der Waals surface area contributed by atoms with Gasteiger partial charge in [0.2, 0.25) is 5.88 Å². The van der Waals surface area contributed by atoms with Crippen LogP contribution in [0, 0.1) is 0 Å². The number of nitrogens with zero attached hydrogens (tertiary/aromatic N) is 3. The number of hydrogen-bond acceptors (Lipinski definition) is 4. The summed E-state index contributed by atoms with van der Waals surface area (Å²) in [7, 11) is 1.62. The molecule has 0 radical (unpaired) electrons. The van der Waals surface area contributed by atoms with Crippen LogP contribution in [0.3, 0.4) is 0 Å². The lowest BCUT2D eigenvalue weighted by atomic mass is 10.2. The third-order valence-corrected chi connectivity index (χ3v) is 3.98. The molecule has 0 saturated carbocycles. The monoisotopic (exact) mass is 349 g/mol. The van der Waals surface area contributed by atoms with Crippen LogP contribution in [0.25, 0.3) is 0 Å². The van der Waals surface area contributed by atoms with Gasteiger partial charge in [0.15, 0.2) is 5.96 Å². The first-order valence-electron chi connectivity index (χ1n) is 9.24. The summed E-state index contributed by atoms with van der Waals surface area (Å²) in [5, 5.41) is 6.70. The summed E-state index contributed by atoms with van der Waals surface area (Å²) in [6.07, 6.45) is 2.89. The highest BCUT2D eigenvalue weighted by Gasteiger charge is 2.12. The predicted molar refractivity (Wildman–Crippen MR) is 105 cm³/mol. The third kappa shape index (κ3) is 8.20. The zero-order valence-corrected chi connectivity index (χ0v) is 16.7. The molecule has 0 saturated heterocycles. The molecule has 0 aromatic carbocycles. The van der Waals surface area contributed by atoms with Crippen molar-refractivity contribution in [3.63, 3.8) is 0 Å². The number of aliphatic imine (C=N–C) groups is 1. The van der Waals surface area contributed by atoms with Crippen LogP contribution in [0.15, 0.2) is 23.3 Å².